The fourth-order valence-corrected chi connectivity index (χ4v) is 11.1. The van der Waals surface area contributed by atoms with Gasteiger partial charge >= 0.3 is 0 Å². The Bertz CT molecular complexity index is 684. The summed E-state index contributed by atoms with van der Waals surface area (Å²) in [5, 5.41) is 19.8. The first kappa shape index (κ1) is 20.6. The van der Waals surface area contributed by atoms with Crippen LogP contribution in [-0.2, 0) is 9.59 Å². The number of carbonyl (C=O) groups is 2. The van der Waals surface area contributed by atoms with Crippen LogP contribution in [0.4, 0.5) is 0 Å². The number of Topliss-reactive ketones (excluding diaryl/α,β-unsaturated/α-hetero) is 2. The highest BCUT2D eigenvalue weighted by Gasteiger charge is 2.73. The molecule has 9 saturated carbocycles. The lowest BCUT2D eigenvalue weighted by Crippen LogP contribution is -2.70. The van der Waals surface area contributed by atoms with E-state index in [1.54, 1.807) is 0 Å². The van der Waals surface area contributed by atoms with Crippen molar-refractivity contribution in [3.05, 3.63) is 0 Å². The van der Waals surface area contributed by atoms with Crippen LogP contribution in [0.3, 0.4) is 0 Å². The van der Waals surface area contributed by atoms with E-state index < -0.39 is 0 Å². The summed E-state index contributed by atoms with van der Waals surface area (Å²) in [6.07, 6.45) is 13.1. The van der Waals surface area contributed by atoms with Gasteiger partial charge in [0.1, 0.15) is 11.6 Å². The number of aliphatic hydroxyl groups is 2. The summed E-state index contributed by atoms with van der Waals surface area (Å²) in [7, 11) is 0. The van der Waals surface area contributed by atoms with Gasteiger partial charge in [0, 0.05) is 22.7 Å². The van der Waals surface area contributed by atoms with Crippen LogP contribution in [0.15, 0.2) is 0 Å². The van der Waals surface area contributed by atoms with E-state index in [9.17, 15) is 19.8 Å². The molecule has 0 aromatic rings. The van der Waals surface area contributed by atoms with Crippen molar-refractivity contribution in [1.29, 1.82) is 0 Å². The zero-order chi connectivity index (χ0) is 21.8. The van der Waals surface area contributed by atoms with Crippen molar-refractivity contribution in [3.63, 3.8) is 0 Å². The Morgan fingerprint density at radius 2 is 0.719 bits per heavy atom. The molecule has 0 atom stereocenters. The maximum Gasteiger partial charge on any atom is 0.142 e. The molecule has 176 valence electrons. The highest BCUT2D eigenvalue weighted by atomic mass is 16.3. The second-order valence-electron chi connectivity index (χ2n) is 13.5. The molecule has 4 nitrogen and oxygen atoms in total. The van der Waals surface area contributed by atoms with Gasteiger partial charge in [0.15, 0.2) is 0 Å². The molecule has 2 N–H and O–H groups in total. The van der Waals surface area contributed by atoms with Crippen molar-refractivity contribution < 1.29 is 19.8 Å². The van der Waals surface area contributed by atoms with E-state index in [1.807, 2.05) is 0 Å². The third-order valence-corrected chi connectivity index (χ3v) is 12.2. The molecule has 0 heterocycles. The SMILES string of the molecule is O=C(C1CCC(O)CC1)C12CC3C4CC5(C(=O)C6CCC(O)CC6)CC3C(C1)C(C5)C4C2. The third kappa shape index (κ3) is 2.69. The summed E-state index contributed by atoms with van der Waals surface area (Å²) in [5.41, 5.74) is -0.116. The smallest absolute Gasteiger partial charge is 0.142 e. The molecule has 9 fully saturated rings. The van der Waals surface area contributed by atoms with Crippen molar-refractivity contribution in [2.75, 3.05) is 0 Å². The minimum absolute atomic E-state index is 0.0582. The average molecular weight is 441 g/mol. The number of ketones is 2. The summed E-state index contributed by atoms with van der Waals surface area (Å²) in [6, 6.07) is 0. The minimum Gasteiger partial charge on any atom is -0.393 e. The average Bonchev–Trinajstić information content (AvgIpc) is 2.82. The van der Waals surface area contributed by atoms with Gasteiger partial charge in [-0.2, -0.15) is 0 Å². The second-order valence-corrected chi connectivity index (χ2v) is 13.5. The van der Waals surface area contributed by atoms with Crippen LogP contribution in [0.1, 0.15) is 89.9 Å². The Labute approximate surface area is 191 Å². The summed E-state index contributed by atoms with van der Waals surface area (Å²) >= 11 is 0. The van der Waals surface area contributed by atoms with Crippen LogP contribution in [-0.4, -0.2) is 34.0 Å². The first-order chi connectivity index (χ1) is 15.4. The van der Waals surface area contributed by atoms with E-state index in [4.69, 9.17) is 0 Å². The first-order valence-corrected chi connectivity index (χ1v) is 13.8. The van der Waals surface area contributed by atoms with Crippen LogP contribution in [0, 0.1) is 58.2 Å². The number of hydrogen-bond acceptors (Lipinski definition) is 4. The Kier molecular flexibility index (Phi) is 4.45. The van der Waals surface area contributed by atoms with Gasteiger partial charge in [0.2, 0.25) is 0 Å². The number of hydrogen-bond donors (Lipinski definition) is 2. The zero-order valence-corrected chi connectivity index (χ0v) is 19.4. The molecule has 0 spiro atoms. The monoisotopic (exact) mass is 440 g/mol. The van der Waals surface area contributed by atoms with E-state index in [2.05, 4.69) is 0 Å². The molecular formula is C28H40O4. The molecule has 8 bridgehead atoms. The third-order valence-electron chi connectivity index (χ3n) is 12.2. The fraction of sp³-hybridized carbons (Fsp3) is 0.929. The second kappa shape index (κ2) is 6.90. The maximum absolute atomic E-state index is 13.8. The van der Waals surface area contributed by atoms with E-state index in [0.29, 0.717) is 47.1 Å². The van der Waals surface area contributed by atoms with E-state index in [1.165, 1.54) is 0 Å². The summed E-state index contributed by atoms with van der Waals surface area (Å²) < 4.78 is 0. The maximum atomic E-state index is 13.8. The molecule has 9 rings (SSSR count). The molecule has 32 heavy (non-hydrogen) atoms. The Balaban J connectivity index is 1.13. The van der Waals surface area contributed by atoms with Gasteiger partial charge < -0.3 is 10.2 Å². The predicted molar refractivity (Wildman–Crippen MR) is 119 cm³/mol. The quantitative estimate of drug-likeness (QED) is 0.683. The van der Waals surface area contributed by atoms with Gasteiger partial charge in [0.25, 0.3) is 0 Å². The summed E-state index contributed by atoms with van der Waals surface area (Å²) in [6.45, 7) is 0. The standard InChI is InChI=1S/C28H40O4/c29-17-5-1-15(2-6-17)25(31)27-9-19-22-12-28(26(32)16-3-7-18(30)8-4-16)13-23(19)21(11-27)24(14-28)20(22)10-27/h15-24,29-30H,1-14H2. The molecule has 0 saturated heterocycles. The van der Waals surface area contributed by atoms with Crippen LogP contribution in [0.25, 0.3) is 0 Å². The molecule has 0 aromatic carbocycles. The van der Waals surface area contributed by atoms with Gasteiger partial charge in [-0.05, 0) is 125 Å². The highest BCUT2D eigenvalue weighted by molar-refractivity contribution is 5.89. The van der Waals surface area contributed by atoms with Crippen molar-refractivity contribution >= 4 is 11.6 Å². The number of carbonyl (C=O) groups excluding carboxylic acids is 2. The van der Waals surface area contributed by atoms with Crippen LogP contribution < -0.4 is 0 Å². The molecule has 0 amide bonds. The van der Waals surface area contributed by atoms with Crippen LogP contribution in [0.2, 0.25) is 0 Å². The normalized spacial score (nSPS) is 57.7. The van der Waals surface area contributed by atoms with Gasteiger partial charge in [-0.15, -0.1) is 0 Å². The highest BCUT2D eigenvalue weighted by Crippen LogP contribution is 2.77. The van der Waals surface area contributed by atoms with E-state index >= 15 is 0 Å². The molecule has 0 radical (unpaired) electrons. The number of rotatable bonds is 4. The Morgan fingerprint density at radius 3 is 0.969 bits per heavy atom. The Hall–Kier alpha value is -0.740. The number of aliphatic hydroxyl groups excluding tert-OH is 2. The lowest BCUT2D eigenvalue weighted by Gasteiger charge is -2.74. The van der Waals surface area contributed by atoms with Gasteiger partial charge in [-0.1, -0.05) is 0 Å². The topological polar surface area (TPSA) is 74.6 Å². The van der Waals surface area contributed by atoms with Crippen molar-refractivity contribution in [2.24, 2.45) is 58.2 Å². The van der Waals surface area contributed by atoms with Crippen LogP contribution in [0.5, 0.6) is 0 Å². The molecule has 0 aromatic heterocycles. The molecule has 9 aliphatic carbocycles. The Morgan fingerprint density at radius 1 is 0.469 bits per heavy atom. The minimum atomic E-state index is -0.192. The summed E-state index contributed by atoms with van der Waals surface area (Å²) in [5.74, 6) is 5.68. The first-order valence-electron chi connectivity index (χ1n) is 13.8. The summed E-state index contributed by atoms with van der Waals surface area (Å²) in [4.78, 5) is 27.7. The van der Waals surface area contributed by atoms with Crippen molar-refractivity contribution in [2.45, 2.75) is 102 Å². The van der Waals surface area contributed by atoms with Gasteiger partial charge in [-0.25, -0.2) is 0 Å². The van der Waals surface area contributed by atoms with Gasteiger partial charge in [-0.3, -0.25) is 9.59 Å². The predicted octanol–water partition coefficient (Wildman–Crippen LogP) is 4.31. The molecule has 9 aliphatic rings. The molecule has 4 heteroatoms. The van der Waals surface area contributed by atoms with Crippen molar-refractivity contribution in [1.82, 2.24) is 0 Å². The lowest BCUT2D eigenvalue weighted by atomic mass is 9.29. The van der Waals surface area contributed by atoms with Crippen molar-refractivity contribution in [3.8, 4) is 0 Å². The zero-order valence-electron chi connectivity index (χ0n) is 19.4. The van der Waals surface area contributed by atoms with E-state index in [0.717, 1.165) is 89.9 Å². The van der Waals surface area contributed by atoms with Gasteiger partial charge in [0.05, 0.1) is 12.2 Å². The molecule has 0 unspecified atom stereocenters. The molecule has 0 aliphatic heterocycles. The fourth-order valence-electron chi connectivity index (χ4n) is 11.1. The lowest BCUT2D eigenvalue weighted by molar-refractivity contribution is -0.251. The van der Waals surface area contributed by atoms with Crippen LogP contribution >= 0.6 is 0 Å². The van der Waals surface area contributed by atoms with E-state index in [-0.39, 0.29) is 34.9 Å². The molecular weight excluding hydrogens is 400 g/mol. The largest absolute Gasteiger partial charge is 0.393 e.